The SMILES string of the molecule is O=C(O)CC1CC=CCC=CCC=CCCCCCCS1. The Hall–Kier alpha value is -0.960. The Morgan fingerprint density at radius 2 is 1.62 bits per heavy atom. The van der Waals surface area contributed by atoms with Crippen molar-refractivity contribution in [3.8, 4) is 0 Å². The molecule has 1 aliphatic heterocycles. The summed E-state index contributed by atoms with van der Waals surface area (Å²) < 4.78 is 0. The van der Waals surface area contributed by atoms with Gasteiger partial charge in [-0.2, -0.15) is 11.8 Å². The molecule has 0 spiro atoms. The van der Waals surface area contributed by atoms with Gasteiger partial charge in [-0.25, -0.2) is 0 Å². The van der Waals surface area contributed by atoms with Crippen molar-refractivity contribution >= 4 is 17.7 Å². The second-order valence-corrected chi connectivity index (χ2v) is 6.82. The van der Waals surface area contributed by atoms with Crippen molar-refractivity contribution < 1.29 is 9.90 Å². The normalized spacial score (nSPS) is 22.8. The van der Waals surface area contributed by atoms with Gasteiger partial charge in [-0.3, -0.25) is 4.79 Å². The Labute approximate surface area is 133 Å². The van der Waals surface area contributed by atoms with Crippen LogP contribution in [0.5, 0.6) is 0 Å². The lowest BCUT2D eigenvalue weighted by atomic mass is 10.1. The van der Waals surface area contributed by atoms with E-state index in [1.807, 2.05) is 11.8 Å². The maximum absolute atomic E-state index is 10.9. The molecule has 0 saturated carbocycles. The van der Waals surface area contributed by atoms with E-state index in [9.17, 15) is 4.79 Å². The van der Waals surface area contributed by atoms with E-state index < -0.39 is 5.97 Å². The first kappa shape index (κ1) is 18.1. The molecule has 21 heavy (non-hydrogen) atoms. The monoisotopic (exact) mass is 308 g/mol. The first-order valence-corrected chi connectivity index (χ1v) is 9.12. The van der Waals surface area contributed by atoms with Gasteiger partial charge in [0, 0.05) is 5.25 Å². The highest BCUT2D eigenvalue weighted by molar-refractivity contribution is 7.99. The fourth-order valence-electron chi connectivity index (χ4n) is 2.28. The molecule has 0 bridgehead atoms. The predicted molar refractivity (Wildman–Crippen MR) is 92.9 cm³/mol. The van der Waals surface area contributed by atoms with E-state index in [4.69, 9.17) is 5.11 Å². The molecule has 2 nitrogen and oxygen atoms in total. The zero-order valence-corrected chi connectivity index (χ0v) is 13.7. The number of aliphatic carboxylic acids is 1. The number of carboxylic acids is 1. The third-order valence-electron chi connectivity index (χ3n) is 3.46. The van der Waals surface area contributed by atoms with Crippen LogP contribution < -0.4 is 0 Å². The van der Waals surface area contributed by atoms with Gasteiger partial charge >= 0.3 is 5.97 Å². The average Bonchev–Trinajstić information content (AvgIpc) is 2.45. The van der Waals surface area contributed by atoms with Gasteiger partial charge in [0.1, 0.15) is 0 Å². The number of hydrogen-bond acceptors (Lipinski definition) is 2. The Balaban J connectivity index is 2.44. The van der Waals surface area contributed by atoms with Crippen molar-refractivity contribution in [3.63, 3.8) is 0 Å². The number of thioether (sulfide) groups is 1. The second-order valence-electron chi connectivity index (χ2n) is 5.41. The molecule has 0 saturated heterocycles. The highest BCUT2D eigenvalue weighted by atomic mass is 32.2. The van der Waals surface area contributed by atoms with Gasteiger partial charge in [0.2, 0.25) is 0 Å². The molecule has 1 rings (SSSR count). The van der Waals surface area contributed by atoms with Crippen LogP contribution in [0.15, 0.2) is 36.5 Å². The molecule has 1 unspecified atom stereocenters. The van der Waals surface area contributed by atoms with Crippen molar-refractivity contribution in [1.29, 1.82) is 0 Å². The fraction of sp³-hybridized carbons (Fsp3) is 0.611. The van der Waals surface area contributed by atoms with E-state index in [-0.39, 0.29) is 11.7 Å². The van der Waals surface area contributed by atoms with Crippen LogP contribution in [0.3, 0.4) is 0 Å². The van der Waals surface area contributed by atoms with Crippen LogP contribution in [0.25, 0.3) is 0 Å². The maximum Gasteiger partial charge on any atom is 0.304 e. The molecular formula is C18H28O2S. The molecule has 0 aromatic heterocycles. The van der Waals surface area contributed by atoms with Crippen molar-refractivity contribution in [2.75, 3.05) is 5.75 Å². The molecule has 0 aromatic rings. The van der Waals surface area contributed by atoms with Crippen LogP contribution >= 0.6 is 11.8 Å². The molecular weight excluding hydrogens is 280 g/mol. The summed E-state index contributed by atoms with van der Waals surface area (Å²) in [4.78, 5) is 10.9. The van der Waals surface area contributed by atoms with Crippen LogP contribution in [0.4, 0.5) is 0 Å². The summed E-state index contributed by atoms with van der Waals surface area (Å²) in [5.74, 6) is 0.402. The van der Waals surface area contributed by atoms with E-state index >= 15 is 0 Å². The first-order chi connectivity index (χ1) is 10.3. The number of rotatable bonds is 2. The zero-order chi connectivity index (χ0) is 15.2. The van der Waals surface area contributed by atoms with Crippen LogP contribution in [0, 0.1) is 0 Å². The van der Waals surface area contributed by atoms with Crippen molar-refractivity contribution in [3.05, 3.63) is 36.5 Å². The standard InChI is InChI=1S/C18H28O2S/c19-18(20)16-17-14-12-10-8-6-4-2-1-3-5-7-9-11-13-15-21-17/h1,3-4,6,10,12,17H,2,5,7-9,11,13-16H2,(H,19,20). The second kappa shape index (κ2) is 12.8. The molecule has 0 amide bonds. The predicted octanol–water partition coefficient (Wildman–Crippen LogP) is 5.37. The quantitative estimate of drug-likeness (QED) is 0.697. The first-order valence-electron chi connectivity index (χ1n) is 8.07. The minimum Gasteiger partial charge on any atom is -0.481 e. The summed E-state index contributed by atoms with van der Waals surface area (Å²) in [7, 11) is 0. The summed E-state index contributed by atoms with van der Waals surface area (Å²) >= 11 is 1.83. The maximum atomic E-state index is 10.9. The third-order valence-corrected chi connectivity index (χ3v) is 4.82. The Bertz CT molecular complexity index is 358. The lowest BCUT2D eigenvalue weighted by molar-refractivity contribution is -0.136. The average molecular weight is 308 g/mol. The van der Waals surface area contributed by atoms with E-state index in [0.717, 1.165) is 25.0 Å². The van der Waals surface area contributed by atoms with Crippen LogP contribution in [-0.4, -0.2) is 22.1 Å². The number of allylic oxidation sites excluding steroid dienone is 6. The summed E-state index contributed by atoms with van der Waals surface area (Å²) in [6.07, 6.45) is 22.5. The molecule has 1 N–H and O–H groups in total. The van der Waals surface area contributed by atoms with Gasteiger partial charge in [-0.05, 0) is 44.3 Å². The number of hydrogen-bond donors (Lipinski definition) is 1. The minimum atomic E-state index is -0.683. The molecule has 0 aromatic carbocycles. The summed E-state index contributed by atoms with van der Waals surface area (Å²) in [5.41, 5.74) is 0. The van der Waals surface area contributed by atoms with Gasteiger partial charge in [0.25, 0.3) is 0 Å². The van der Waals surface area contributed by atoms with E-state index in [1.54, 1.807) is 0 Å². The van der Waals surface area contributed by atoms with Crippen LogP contribution in [0.2, 0.25) is 0 Å². The highest BCUT2D eigenvalue weighted by Gasteiger charge is 2.11. The highest BCUT2D eigenvalue weighted by Crippen LogP contribution is 2.21. The molecule has 1 aliphatic rings. The van der Waals surface area contributed by atoms with Gasteiger partial charge < -0.3 is 5.11 Å². The molecule has 0 radical (unpaired) electrons. The largest absolute Gasteiger partial charge is 0.481 e. The van der Waals surface area contributed by atoms with Gasteiger partial charge in [-0.15, -0.1) is 0 Å². The van der Waals surface area contributed by atoms with Gasteiger partial charge in [0.15, 0.2) is 0 Å². The third kappa shape index (κ3) is 11.4. The lowest BCUT2D eigenvalue weighted by Crippen LogP contribution is -2.09. The number of carbonyl (C=O) groups is 1. The summed E-state index contributed by atoms with van der Waals surface area (Å²) in [6, 6.07) is 0. The summed E-state index contributed by atoms with van der Waals surface area (Å²) in [5, 5.41) is 9.20. The van der Waals surface area contributed by atoms with Gasteiger partial charge in [0.05, 0.1) is 6.42 Å². The minimum absolute atomic E-state index is 0.222. The molecule has 0 fully saturated rings. The van der Waals surface area contributed by atoms with Crippen LogP contribution in [-0.2, 0) is 4.79 Å². The van der Waals surface area contributed by atoms with Crippen LogP contribution in [0.1, 0.15) is 57.8 Å². The zero-order valence-electron chi connectivity index (χ0n) is 12.9. The molecule has 3 heteroatoms. The molecule has 0 aliphatic carbocycles. The van der Waals surface area contributed by atoms with Crippen molar-refractivity contribution in [1.82, 2.24) is 0 Å². The molecule has 118 valence electrons. The van der Waals surface area contributed by atoms with Crippen molar-refractivity contribution in [2.24, 2.45) is 0 Å². The van der Waals surface area contributed by atoms with Gasteiger partial charge in [-0.1, -0.05) is 49.3 Å². The lowest BCUT2D eigenvalue weighted by Gasteiger charge is -2.12. The fourth-order valence-corrected chi connectivity index (χ4v) is 3.49. The summed E-state index contributed by atoms with van der Waals surface area (Å²) in [6.45, 7) is 0. The Morgan fingerprint density at radius 1 is 0.952 bits per heavy atom. The van der Waals surface area contributed by atoms with Crippen molar-refractivity contribution in [2.45, 2.75) is 63.0 Å². The number of carboxylic acid groups (broad SMARTS) is 1. The molecule has 1 atom stereocenters. The van der Waals surface area contributed by atoms with E-state index in [2.05, 4.69) is 36.5 Å². The van der Waals surface area contributed by atoms with E-state index in [0.29, 0.717) is 0 Å². The van der Waals surface area contributed by atoms with E-state index in [1.165, 1.54) is 32.1 Å². The Morgan fingerprint density at radius 3 is 2.38 bits per heavy atom. The molecule has 1 heterocycles. The topological polar surface area (TPSA) is 37.3 Å². The Kier molecular flexibility index (Phi) is 11.0. The smallest absolute Gasteiger partial charge is 0.304 e.